The third kappa shape index (κ3) is 2.83. The highest BCUT2D eigenvalue weighted by atomic mass is 32.2. The zero-order chi connectivity index (χ0) is 16.6. The number of carbonyl (C=O) groups excluding carboxylic acids is 1. The Morgan fingerprint density at radius 1 is 1.17 bits per heavy atom. The summed E-state index contributed by atoms with van der Waals surface area (Å²) in [6, 6.07) is 8.52. The van der Waals surface area contributed by atoms with Crippen molar-refractivity contribution in [1.82, 2.24) is 9.71 Å². The van der Waals surface area contributed by atoms with E-state index in [0.717, 1.165) is 5.39 Å². The minimum absolute atomic E-state index is 0.0449. The van der Waals surface area contributed by atoms with Crippen molar-refractivity contribution in [3.8, 4) is 0 Å². The first-order valence-corrected chi connectivity index (χ1v) is 8.34. The Morgan fingerprint density at radius 3 is 2.61 bits per heavy atom. The van der Waals surface area contributed by atoms with Crippen molar-refractivity contribution in [3.05, 3.63) is 59.8 Å². The molecule has 0 atom stereocenters. The molecule has 0 saturated carbocycles. The quantitative estimate of drug-likeness (QED) is 0.797. The fourth-order valence-corrected chi connectivity index (χ4v) is 3.61. The molecule has 0 unspecified atom stereocenters. The van der Waals surface area contributed by atoms with E-state index in [-0.39, 0.29) is 16.2 Å². The lowest BCUT2D eigenvalue weighted by Crippen LogP contribution is -2.31. The van der Waals surface area contributed by atoms with Crippen LogP contribution in [-0.4, -0.2) is 19.3 Å². The highest BCUT2D eigenvalue weighted by Gasteiger charge is 2.24. The van der Waals surface area contributed by atoms with Gasteiger partial charge in [0.25, 0.3) is 15.9 Å². The van der Waals surface area contributed by atoms with Gasteiger partial charge in [-0.05, 0) is 19.2 Å². The molecule has 2 aromatic heterocycles. The van der Waals surface area contributed by atoms with Gasteiger partial charge in [0.05, 0.1) is 5.56 Å². The molecule has 0 fully saturated rings. The number of carbonyl (C=O) groups is 1. The smallest absolute Gasteiger partial charge is 0.267 e. The van der Waals surface area contributed by atoms with Gasteiger partial charge in [-0.3, -0.25) is 9.78 Å². The minimum atomic E-state index is -4.01. The van der Waals surface area contributed by atoms with E-state index in [9.17, 15) is 13.2 Å². The van der Waals surface area contributed by atoms with Gasteiger partial charge in [0.2, 0.25) is 0 Å². The van der Waals surface area contributed by atoms with Crippen LogP contribution in [0.4, 0.5) is 0 Å². The zero-order valence-corrected chi connectivity index (χ0v) is 13.3. The fourth-order valence-electron chi connectivity index (χ4n) is 2.40. The summed E-state index contributed by atoms with van der Waals surface area (Å²) in [7, 11) is -4.01. The first-order valence-electron chi connectivity index (χ1n) is 6.85. The van der Waals surface area contributed by atoms with Crippen LogP contribution >= 0.6 is 0 Å². The number of rotatable bonds is 3. The van der Waals surface area contributed by atoms with Crippen molar-refractivity contribution < 1.29 is 17.6 Å². The number of nitrogens with one attached hydrogen (secondary N) is 1. The molecular formula is C16H14N2O4S. The molecule has 0 aliphatic carbocycles. The van der Waals surface area contributed by atoms with Crippen LogP contribution in [0.3, 0.4) is 0 Å². The summed E-state index contributed by atoms with van der Waals surface area (Å²) < 4.78 is 32.0. The van der Waals surface area contributed by atoms with Crippen molar-refractivity contribution >= 4 is 26.7 Å². The number of furan rings is 1. The van der Waals surface area contributed by atoms with Crippen LogP contribution in [0.25, 0.3) is 10.8 Å². The topological polar surface area (TPSA) is 89.3 Å². The molecule has 2 heterocycles. The maximum atomic E-state index is 12.4. The van der Waals surface area contributed by atoms with E-state index in [1.807, 2.05) is 6.07 Å². The van der Waals surface area contributed by atoms with Crippen molar-refractivity contribution in [3.63, 3.8) is 0 Å². The second-order valence-electron chi connectivity index (χ2n) is 5.12. The summed E-state index contributed by atoms with van der Waals surface area (Å²) >= 11 is 0. The SMILES string of the molecule is Cc1cc(S(=O)(=O)NC(=O)c2cncc3ccccc23)c(C)o1. The predicted molar refractivity (Wildman–Crippen MR) is 84.6 cm³/mol. The van der Waals surface area contributed by atoms with Crippen molar-refractivity contribution in [2.24, 2.45) is 0 Å². The lowest BCUT2D eigenvalue weighted by atomic mass is 10.1. The van der Waals surface area contributed by atoms with Gasteiger partial charge in [-0.15, -0.1) is 0 Å². The molecule has 118 valence electrons. The first kappa shape index (κ1) is 15.2. The van der Waals surface area contributed by atoms with Crippen molar-refractivity contribution in [2.75, 3.05) is 0 Å². The average Bonchev–Trinajstić information content (AvgIpc) is 2.86. The van der Waals surface area contributed by atoms with Gasteiger partial charge < -0.3 is 4.42 Å². The Labute approximate surface area is 133 Å². The lowest BCUT2D eigenvalue weighted by molar-refractivity contribution is 0.0982. The molecule has 3 rings (SSSR count). The molecule has 23 heavy (non-hydrogen) atoms. The van der Waals surface area contributed by atoms with Crippen LogP contribution in [0.1, 0.15) is 21.9 Å². The number of amides is 1. The van der Waals surface area contributed by atoms with E-state index in [4.69, 9.17) is 4.42 Å². The van der Waals surface area contributed by atoms with Crippen LogP contribution in [0.5, 0.6) is 0 Å². The Balaban J connectivity index is 1.99. The minimum Gasteiger partial charge on any atom is -0.465 e. The number of aryl methyl sites for hydroxylation is 2. The Morgan fingerprint density at radius 2 is 1.91 bits per heavy atom. The van der Waals surface area contributed by atoms with Gasteiger partial charge in [-0.25, -0.2) is 13.1 Å². The molecule has 1 amide bonds. The van der Waals surface area contributed by atoms with Gasteiger partial charge in [0, 0.05) is 23.8 Å². The summed E-state index contributed by atoms with van der Waals surface area (Å²) in [6.07, 6.45) is 2.96. The monoisotopic (exact) mass is 330 g/mol. The van der Waals surface area contributed by atoms with Crippen LogP contribution in [0.15, 0.2) is 52.0 Å². The largest absolute Gasteiger partial charge is 0.465 e. The van der Waals surface area contributed by atoms with Crippen LogP contribution in [-0.2, 0) is 10.0 Å². The molecular weight excluding hydrogens is 316 g/mol. The third-order valence-corrected chi connectivity index (χ3v) is 4.86. The molecule has 3 aromatic rings. The molecule has 6 nitrogen and oxygen atoms in total. The molecule has 0 aliphatic rings. The summed E-state index contributed by atoms with van der Waals surface area (Å²) in [5.74, 6) is -0.0338. The van der Waals surface area contributed by atoms with E-state index >= 15 is 0 Å². The molecule has 0 aliphatic heterocycles. The standard InChI is InChI=1S/C16H14N2O4S/c1-10-7-15(11(2)22-10)23(20,21)18-16(19)14-9-17-8-12-5-3-4-6-13(12)14/h3-9H,1-2H3,(H,18,19). The number of hydrogen-bond donors (Lipinski definition) is 1. The summed E-state index contributed by atoms with van der Waals surface area (Å²) in [5.41, 5.74) is 0.199. The summed E-state index contributed by atoms with van der Waals surface area (Å²) in [5, 5.41) is 1.39. The van der Waals surface area contributed by atoms with Crippen molar-refractivity contribution in [1.29, 1.82) is 0 Å². The number of fused-ring (bicyclic) bond motifs is 1. The normalized spacial score (nSPS) is 11.6. The van der Waals surface area contributed by atoms with E-state index in [2.05, 4.69) is 9.71 Å². The van der Waals surface area contributed by atoms with E-state index in [0.29, 0.717) is 11.1 Å². The van der Waals surface area contributed by atoms with Gasteiger partial charge in [-0.1, -0.05) is 24.3 Å². The van der Waals surface area contributed by atoms with Gasteiger partial charge in [0.15, 0.2) is 0 Å². The van der Waals surface area contributed by atoms with E-state index in [1.54, 1.807) is 31.3 Å². The number of aromatic nitrogens is 1. The maximum absolute atomic E-state index is 12.4. The van der Waals surface area contributed by atoms with Crippen LogP contribution < -0.4 is 4.72 Å². The zero-order valence-electron chi connectivity index (χ0n) is 12.5. The molecule has 0 radical (unpaired) electrons. The highest BCUT2D eigenvalue weighted by Crippen LogP contribution is 2.21. The molecule has 0 bridgehead atoms. The van der Waals surface area contributed by atoms with Crippen LogP contribution in [0, 0.1) is 13.8 Å². The third-order valence-electron chi connectivity index (χ3n) is 3.42. The average molecular weight is 330 g/mol. The second kappa shape index (κ2) is 5.51. The number of pyridine rings is 1. The Hall–Kier alpha value is -2.67. The maximum Gasteiger partial charge on any atom is 0.267 e. The second-order valence-corrected chi connectivity index (χ2v) is 6.77. The predicted octanol–water partition coefficient (Wildman–Crippen LogP) is 2.56. The lowest BCUT2D eigenvalue weighted by Gasteiger charge is -2.08. The van der Waals surface area contributed by atoms with Crippen LogP contribution in [0.2, 0.25) is 0 Å². The molecule has 7 heteroatoms. The number of sulfonamides is 1. The fraction of sp³-hybridized carbons (Fsp3) is 0.125. The van der Waals surface area contributed by atoms with Crippen molar-refractivity contribution in [2.45, 2.75) is 18.7 Å². The Bertz CT molecular complexity index is 1000. The van der Waals surface area contributed by atoms with Gasteiger partial charge >= 0.3 is 0 Å². The molecule has 0 saturated heterocycles. The first-order chi connectivity index (χ1) is 10.9. The molecule has 1 aromatic carbocycles. The van der Waals surface area contributed by atoms with Gasteiger partial charge in [0.1, 0.15) is 16.4 Å². The van der Waals surface area contributed by atoms with E-state index < -0.39 is 15.9 Å². The Kier molecular flexibility index (Phi) is 3.65. The summed E-state index contributed by atoms with van der Waals surface area (Å²) in [6.45, 7) is 3.17. The highest BCUT2D eigenvalue weighted by molar-refractivity contribution is 7.90. The molecule has 1 N–H and O–H groups in total. The number of hydrogen-bond acceptors (Lipinski definition) is 5. The number of benzene rings is 1. The summed E-state index contributed by atoms with van der Waals surface area (Å²) in [4.78, 5) is 16.3. The van der Waals surface area contributed by atoms with Gasteiger partial charge in [-0.2, -0.15) is 0 Å². The number of nitrogens with zero attached hydrogens (tertiary/aromatic N) is 1. The van der Waals surface area contributed by atoms with E-state index in [1.165, 1.54) is 19.2 Å². The molecule has 0 spiro atoms.